The van der Waals surface area contributed by atoms with Crippen molar-refractivity contribution >= 4 is 22.8 Å². The monoisotopic (exact) mass is 486 g/mol. The zero-order valence-electron chi connectivity index (χ0n) is 20.3. The minimum Gasteiger partial charge on any atom is -0.381 e. The van der Waals surface area contributed by atoms with Gasteiger partial charge in [-0.15, -0.1) is 0 Å². The Hall–Kier alpha value is -2.82. The average molecular weight is 487 g/mol. The molecule has 1 spiro atoms. The zero-order valence-corrected chi connectivity index (χ0v) is 20.3. The van der Waals surface area contributed by atoms with E-state index in [9.17, 15) is 0 Å². The van der Waals surface area contributed by atoms with E-state index in [1.165, 1.54) is 0 Å². The van der Waals surface area contributed by atoms with Gasteiger partial charge in [-0.05, 0) is 51.5 Å². The number of halogens is 2. The maximum atomic E-state index is 15.3. The van der Waals surface area contributed by atoms with E-state index < -0.39 is 11.3 Å². The standard InChI is InChI=1S/C24H32F2N8O/c1-16-28-17(2)34(31-16)13-18-4-3-9-32(12-18)22-29-19-5-8-27-20(19)21(30-22)33-14-23(24(25,26)15-33)6-10-35-11-7-23/h5,8,18,27H,3-4,6-7,9-15H2,1-2H3. The van der Waals surface area contributed by atoms with Gasteiger partial charge in [0.05, 0.1) is 17.5 Å². The topological polar surface area (TPSA) is 88.0 Å². The lowest BCUT2D eigenvalue weighted by Gasteiger charge is -2.37. The predicted octanol–water partition coefficient (Wildman–Crippen LogP) is 3.33. The second-order valence-corrected chi connectivity index (χ2v) is 10.4. The second kappa shape index (κ2) is 8.39. The molecule has 3 aromatic rings. The van der Waals surface area contributed by atoms with Crippen molar-refractivity contribution in [2.45, 2.75) is 52.0 Å². The summed E-state index contributed by atoms with van der Waals surface area (Å²) in [6.07, 6.45) is 4.66. The van der Waals surface area contributed by atoms with Gasteiger partial charge in [0.1, 0.15) is 17.2 Å². The van der Waals surface area contributed by atoms with Crippen LogP contribution in [0.15, 0.2) is 12.3 Å². The fraction of sp³-hybridized carbons (Fsp3) is 0.667. The number of alkyl halides is 2. The molecule has 1 N–H and O–H groups in total. The van der Waals surface area contributed by atoms with E-state index in [0.717, 1.165) is 55.2 Å². The van der Waals surface area contributed by atoms with Crippen LogP contribution in [0.1, 0.15) is 37.3 Å². The summed E-state index contributed by atoms with van der Waals surface area (Å²) in [7, 11) is 0. The third-order valence-corrected chi connectivity index (χ3v) is 7.98. The highest BCUT2D eigenvalue weighted by atomic mass is 19.3. The van der Waals surface area contributed by atoms with Crippen LogP contribution >= 0.6 is 0 Å². The lowest BCUT2D eigenvalue weighted by molar-refractivity contribution is -0.128. The molecule has 3 aliphatic rings. The molecule has 0 saturated carbocycles. The maximum Gasteiger partial charge on any atom is 0.272 e. The summed E-state index contributed by atoms with van der Waals surface area (Å²) in [5.41, 5.74) is 0.418. The number of H-pyrrole nitrogens is 1. The van der Waals surface area contributed by atoms with Gasteiger partial charge in [0.2, 0.25) is 5.95 Å². The minimum absolute atomic E-state index is 0.279. The maximum absolute atomic E-state index is 15.3. The summed E-state index contributed by atoms with van der Waals surface area (Å²) < 4.78 is 38.0. The predicted molar refractivity (Wildman–Crippen MR) is 128 cm³/mol. The molecule has 3 fully saturated rings. The third kappa shape index (κ3) is 3.93. The van der Waals surface area contributed by atoms with Crippen LogP contribution < -0.4 is 9.80 Å². The first kappa shape index (κ1) is 22.6. The molecule has 0 amide bonds. The van der Waals surface area contributed by atoms with E-state index in [0.29, 0.717) is 43.7 Å². The Morgan fingerprint density at radius 3 is 2.71 bits per heavy atom. The number of piperidine rings is 1. The fourth-order valence-electron chi connectivity index (χ4n) is 6.04. The number of rotatable bonds is 4. The van der Waals surface area contributed by atoms with E-state index in [1.807, 2.05) is 24.6 Å². The highest BCUT2D eigenvalue weighted by molar-refractivity contribution is 5.87. The molecule has 0 radical (unpaired) electrons. The Balaban J connectivity index is 1.28. The van der Waals surface area contributed by atoms with E-state index in [-0.39, 0.29) is 13.1 Å². The lowest BCUT2D eigenvalue weighted by Crippen LogP contribution is -2.44. The first-order valence-electron chi connectivity index (χ1n) is 12.5. The molecule has 6 heterocycles. The molecular formula is C24H32F2N8O. The van der Waals surface area contributed by atoms with Crippen molar-refractivity contribution in [2.75, 3.05) is 49.2 Å². The number of aromatic nitrogens is 6. The number of fused-ring (bicyclic) bond motifs is 1. The first-order chi connectivity index (χ1) is 16.8. The van der Waals surface area contributed by atoms with E-state index in [2.05, 4.69) is 20.0 Å². The number of nitrogens with zero attached hydrogens (tertiary/aromatic N) is 7. The summed E-state index contributed by atoms with van der Waals surface area (Å²) in [5.74, 6) is 0.487. The summed E-state index contributed by atoms with van der Waals surface area (Å²) in [6.45, 7) is 7.05. The quantitative estimate of drug-likeness (QED) is 0.605. The van der Waals surface area contributed by atoms with Crippen molar-refractivity contribution in [3.8, 4) is 0 Å². The van der Waals surface area contributed by atoms with Crippen molar-refractivity contribution in [2.24, 2.45) is 11.3 Å². The van der Waals surface area contributed by atoms with Gasteiger partial charge < -0.3 is 19.5 Å². The molecule has 0 bridgehead atoms. The SMILES string of the molecule is Cc1nc(C)n(CC2CCCN(c3nc(N4CC(F)(F)C5(CCOCC5)C4)c4[nH]ccc4n3)C2)n1. The van der Waals surface area contributed by atoms with Crippen molar-refractivity contribution in [3.63, 3.8) is 0 Å². The van der Waals surface area contributed by atoms with Crippen LogP contribution in [0.2, 0.25) is 0 Å². The molecule has 9 nitrogen and oxygen atoms in total. The van der Waals surface area contributed by atoms with Crippen molar-refractivity contribution < 1.29 is 13.5 Å². The van der Waals surface area contributed by atoms with Crippen LogP contribution in [0.3, 0.4) is 0 Å². The van der Waals surface area contributed by atoms with Gasteiger partial charge in [-0.25, -0.2) is 23.4 Å². The highest BCUT2D eigenvalue weighted by Gasteiger charge is 2.60. The molecule has 11 heteroatoms. The first-order valence-corrected chi connectivity index (χ1v) is 12.5. The van der Waals surface area contributed by atoms with Gasteiger partial charge in [-0.3, -0.25) is 0 Å². The molecule has 35 heavy (non-hydrogen) atoms. The molecule has 0 aliphatic carbocycles. The molecule has 6 rings (SSSR count). The Labute approximate surface area is 202 Å². The number of ether oxygens (including phenoxy) is 1. The van der Waals surface area contributed by atoms with E-state index in [1.54, 1.807) is 11.1 Å². The summed E-state index contributed by atoms with van der Waals surface area (Å²) in [5, 5.41) is 4.52. The van der Waals surface area contributed by atoms with Crippen molar-refractivity contribution in [1.82, 2.24) is 29.7 Å². The largest absolute Gasteiger partial charge is 0.381 e. The molecular weight excluding hydrogens is 454 g/mol. The Morgan fingerprint density at radius 2 is 1.94 bits per heavy atom. The van der Waals surface area contributed by atoms with Gasteiger partial charge in [0.15, 0.2) is 5.82 Å². The van der Waals surface area contributed by atoms with Crippen molar-refractivity contribution in [1.29, 1.82) is 0 Å². The van der Waals surface area contributed by atoms with E-state index >= 15 is 8.78 Å². The number of hydrogen-bond acceptors (Lipinski definition) is 7. The van der Waals surface area contributed by atoms with Gasteiger partial charge in [-0.2, -0.15) is 10.1 Å². The lowest BCUT2D eigenvalue weighted by atomic mass is 9.77. The summed E-state index contributed by atoms with van der Waals surface area (Å²) in [4.78, 5) is 21.3. The van der Waals surface area contributed by atoms with Gasteiger partial charge in [0.25, 0.3) is 5.92 Å². The summed E-state index contributed by atoms with van der Waals surface area (Å²) >= 11 is 0. The number of aromatic amines is 1. The summed E-state index contributed by atoms with van der Waals surface area (Å²) in [6, 6.07) is 1.89. The molecule has 3 aromatic heterocycles. The zero-order chi connectivity index (χ0) is 24.2. The molecule has 1 unspecified atom stereocenters. The molecule has 0 aromatic carbocycles. The molecule has 188 valence electrons. The number of aryl methyl sites for hydroxylation is 2. The van der Waals surface area contributed by atoms with Crippen LogP contribution in [0.25, 0.3) is 11.0 Å². The molecule has 3 aliphatic heterocycles. The van der Waals surface area contributed by atoms with Crippen LogP contribution in [0.4, 0.5) is 20.5 Å². The highest BCUT2D eigenvalue weighted by Crippen LogP contribution is 2.51. The Kier molecular flexibility index (Phi) is 5.43. The fourth-order valence-corrected chi connectivity index (χ4v) is 6.04. The van der Waals surface area contributed by atoms with Crippen LogP contribution in [-0.2, 0) is 11.3 Å². The normalized spacial score (nSPS) is 24.1. The van der Waals surface area contributed by atoms with Gasteiger partial charge in [0, 0.05) is 45.6 Å². The van der Waals surface area contributed by atoms with Crippen LogP contribution in [-0.4, -0.2) is 75.0 Å². The second-order valence-electron chi connectivity index (χ2n) is 10.4. The third-order valence-electron chi connectivity index (χ3n) is 7.98. The van der Waals surface area contributed by atoms with Gasteiger partial charge in [-0.1, -0.05) is 0 Å². The van der Waals surface area contributed by atoms with Crippen LogP contribution in [0, 0.1) is 25.2 Å². The van der Waals surface area contributed by atoms with Crippen molar-refractivity contribution in [3.05, 3.63) is 23.9 Å². The average Bonchev–Trinajstić information content (AvgIpc) is 3.50. The number of nitrogens with one attached hydrogen (secondary N) is 1. The molecule has 3 saturated heterocycles. The minimum atomic E-state index is -2.79. The number of hydrogen-bond donors (Lipinski definition) is 1. The van der Waals surface area contributed by atoms with Crippen LogP contribution in [0.5, 0.6) is 0 Å². The molecule has 1 atom stereocenters. The Morgan fingerprint density at radius 1 is 1.11 bits per heavy atom. The van der Waals surface area contributed by atoms with E-state index in [4.69, 9.17) is 14.7 Å². The number of anilines is 2. The van der Waals surface area contributed by atoms with Gasteiger partial charge >= 0.3 is 0 Å². The Bertz CT molecular complexity index is 1220. The smallest absolute Gasteiger partial charge is 0.272 e.